The molecule has 2 aliphatic heterocycles. The number of esters is 1. The standard InChI is InChI=1S/C16H15FN2O2S/c1-3-21-15(20)13-10(2)18-16-19(8-9-22-16)14(13)11-4-6-12(17)7-5-11/h4-9,14H,3H2,1-2H3/t14-/m1/s1. The fourth-order valence-corrected chi connectivity index (χ4v) is 3.33. The number of nitrogens with zero attached hydrogens (tertiary/aromatic N) is 2. The highest BCUT2D eigenvalue weighted by molar-refractivity contribution is 8.16. The van der Waals surface area contributed by atoms with Crippen molar-refractivity contribution in [3.63, 3.8) is 0 Å². The SMILES string of the molecule is CCOC(=O)C1=C(C)N=C2SC=CN2[C@@H]1c1ccc(F)cc1. The van der Waals surface area contributed by atoms with Crippen LogP contribution in [-0.2, 0) is 9.53 Å². The number of fused-ring (bicyclic) bond motifs is 1. The predicted molar refractivity (Wildman–Crippen MR) is 84.5 cm³/mol. The average molecular weight is 318 g/mol. The highest BCUT2D eigenvalue weighted by atomic mass is 32.2. The molecule has 1 atom stereocenters. The summed E-state index contributed by atoms with van der Waals surface area (Å²) in [4.78, 5) is 18.8. The lowest BCUT2D eigenvalue weighted by atomic mass is 9.95. The molecular formula is C16H15FN2O2S. The van der Waals surface area contributed by atoms with E-state index in [1.165, 1.54) is 23.9 Å². The van der Waals surface area contributed by atoms with Crippen LogP contribution < -0.4 is 0 Å². The van der Waals surface area contributed by atoms with Crippen LogP contribution in [0.15, 0.2) is 52.1 Å². The van der Waals surface area contributed by atoms with E-state index < -0.39 is 0 Å². The summed E-state index contributed by atoms with van der Waals surface area (Å²) in [6, 6.07) is 5.81. The molecule has 0 amide bonds. The second kappa shape index (κ2) is 5.96. The first-order valence-corrected chi connectivity index (χ1v) is 7.83. The summed E-state index contributed by atoms with van der Waals surface area (Å²) in [5.41, 5.74) is 1.95. The fraction of sp³-hybridized carbons (Fsp3) is 0.250. The van der Waals surface area contributed by atoms with Crippen LogP contribution in [0.3, 0.4) is 0 Å². The van der Waals surface area contributed by atoms with Crippen molar-refractivity contribution in [1.82, 2.24) is 4.90 Å². The van der Waals surface area contributed by atoms with Crippen molar-refractivity contribution in [2.75, 3.05) is 6.61 Å². The number of ether oxygens (including phenoxy) is 1. The molecule has 0 saturated carbocycles. The van der Waals surface area contributed by atoms with E-state index in [2.05, 4.69) is 4.99 Å². The van der Waals surface area contributed by atoms with E-state index in [0.29, 0.717) is 17.9 Å². The van der Waals surface area contributed by atoms with E-state index in [4.69, 9.17) is 4.74 Å². The van der Waals surface area contributed by atoms with Crippen LogP contribution >= 0.6 is 11.8 Å². The van der Waals surface area contributed by atoms with Gasteiger partial charge in [-0.1, -0.05) is 23.9 Å². The van der Waals surface area contributed by atoms with Crippen molar-refractivity contribution in [2.24, 2.45) is 4.99 Å². The molecule has 0 radical (unpaired) electrons. The Hall–Kier alpha value is -2.08. The molecule has 0 unspecified atom stereocenters. The third kappa shape index (κ3) is 2.54. The molecule has 0 aromatic heterocycles. The molecule has 0 fully saturated rings. The fourth-order valence-electron chi connectivity index (χ4n) is 2.54. The van der Waals surface area contributed by atoms with E-state index in [9.17, 15) is 9.18 Å². The molecule has 22 heavy (non-hydrogen) atoms. The molecule has 3 rings (SSSR count). The Labute approximate surface area is 132 Å². The topological polar surface area (TPSA) is 41.9 Å². The van der Waals surface area contributed by atoms with E-state index in [0.717, 1.165) is 10.7 Å². The Morgan fingerprint density at radius 2 is 2.14 bits per heavy atom. The van der Waals surface area contributed by atoms with Gasteiger partial charge in [0.25, 0.3) is 0 Å². The van der Waals surface area contributed by atoms with Gasteiger partial charge < -0.3 is 9.64 Å². The number of rotatable bonds is 3. The summed E-state index contributed by atoms with van der Waals surface area (Å²) >= 11 is 1.49. The van der Waals surface area contributed by atoms with Crippen molar-refractivity contribution in [3.05, 3.63) is 58.5 Å². The number of benzene rings is 1. The van der Waals surface area contributed by atoms with Crippen molar-refractivity contribution in [3.8, 4) is 0 Å². The normalized spacial score (nSPS) is 20.0. The molecule has 0 saturated heterocycles. The molecule has 114 valence electrons. The number of hydrogen-bond donors (Lipinski definition) is 0. The minimum atomic E-state index is -0.387. The summed E-state index contributed by atoms with van der Waals surface area (Å²) in [5, 5.41) is 2.72. The van der Waals surface area contributed by atoms with E-state index in [-0.39, 0.29) is 17.8 Å². The van der Waals surface area contributed by atoms with Gasteiger partial charge in [-0.15, -0.1) is 0 Å². The predicted octanol–water partition coefficient (Wildman–Crippen LogP) is 3.59. The van der Waals surface area contributed by atoms with Gasteiger partial charge in [-0.05, 0) is 37.0 Å². The maximum Gasteiger partial charge on any atom is 0.338 e. The molecule has 0 bridgehead atoms. The van der Waals surface area contributed by atoms with Crippen LogP contribution in [0.4, 0.5) is 4.39 Å². The lowest BCUT2D eigenvalue weighted by Gasteiger charge is -2.33. The third-order valence-electron chi connectivity index (χ3n) is 3.50. The second-order valence-corrected chi connectivity index (χ2v) is 5.75. The van der Waals surface area contributed by atoms with Gasteiger partial charge in [0, 0.05) is 6.20 Å². The van der Waals surface area contributed by atoms with Crippen molar-refractivity contribution in [2.45, 2.75) is 19.9 Å². The summed E-state index contributed by atoms with van der Waals surface area (Å²) in [5.74, 6) is -0.694. The monoisotopic (exact) mass is 318 g/mol. The Bertz CT molecular complexity index is 695. The maximum atomic E-state index is 13.2. The first-order chi connectivity index (χ1) is 10.6. The number of amidine groups is 1. The molecule has 2 aliphatic rings. The van der Waals surface area contributed by atoms with Gasteiger partial charge in [0.1, 0.15) is 5.82 Å². The number of carbonyl (C=O) groups excluding carboxylic acids is 1. The zero-order valence-electron chi connectivity index (χ0n) is 12.2. The van der Waals surface area contributed by atoms with E-state index in [1.54, 1.807) is 26.0 Å². The number of carbonyl (C=O) groups is 1. The Morgan fingerprint density at radius 1 is 1.41 bits per heavy atom. The average Bonchev–Trinajstić information content (AvgIpc) is 2.94. The Morgan fingerprint density at radius 3 is 2.82 bits per heavy atom. The van der Waals surface area contributed by atoms with Gasteiger partial charge in [-0.3, -0.25) is 0 Å². The lowest BCUT2D eigenvalue weighted by molar-refractivity contribution is -0.139. The minimum Gasteiger partial charge on any atom is -0.463 e. The number of hydrogen-bond acceptors (Lipinski definition) is 5. The van der Waals surface area contributed by atoms with Gasteiger partial charge in [0.2, 0.25) is 0 Å². The Balaban J connectivity index is 2.09. The molecule has 0 aliphatic carbocycles. The molecule has 1 aromatic rings. The van der Waals surface area contributed by atoms with Crippen LogP contribution in [0, 0.1) is 5.82 Å². The van der Waals surface area contributed by atoms with Gasteiger partial charge in [0.05, 0.1) is 23.9 Å². The third-order valence-corrected chi connectivity index (χ3v) is 4.27. The molecule has 6 heteroatoms. The molecule has 0 spiro atoms. The largest absolute Gasteiger partial charge is 0.463 e. The second-order valence-electron chi connectivity index (χ2n) is 4.88. The molecular weight excluding hydrogens is 303 g/mol. The smallest absolute Gasteiger partial charge is 0.338 e. The zero-order valence-corrected chi connectivity index (χ0v) is 13.1. The number of aliphatic imine (C=N–C) groups is 1. The first kappa shape index (κ1) is 14.8. The minimum absolute atomic E-state index is 0.299. The first-order valence-electron chi connectivity index (χ1n) is 6.95. The molecule has 1 aromatic carbocycles. The van der Waals surface area contributed by atoms with Gasteiger partial charge in [-0.2, -0.15) is 0 Å². The molecule has 2 heterocycles. The van der Waals surface area contributed by atoms with Crippen molar-refractivity contribution < 1.29 is 13.9 Å². The zero-order chi connectivity index (χ0) is 15.7. The lowest BCUT2D eigenvalue weighted by Crippen LogP contribution is -2.34. The van der Waals surface area contributed by atoms with Crippen LogP contribution in [0.1, 0.15) is 25.5 Å². The van der Waals surface area contributed by atoms with Crippen molar-refractivity contribution >= 4 is 22.9 Å². The number of thioether (sulfide) groups is 1. The quantitative estimate of drug-likeness (QED) is 0.799. The Kier molecular flexibility index (Phi) is 4.02. The van der Waals surface area contributed by atoms with E-state index in [1.807, 2.05) is 16.5 Å². The summed E-state index contributed by atoms with van der Waals surface area (Å²) in [6.45, 7) is 3.86. The van der Waals surface area contributed by atoms with Crippen molar-refractivity contribution in [1.29, 1.82) is 0 Å². The van der Waals surface area contributed by atoms with Gasteiger partial charge in [0.15, 0.2) is 5.17 Å². The van der Waals surface area contributed by atoms with E-state index >= 15 is 0 Å². The van der Waals surface area contributed by atoms with Crippen LogP contribution in [0.25, 0.3) is 0 Å². The van der Waals surface area contributed by atoms with Gasteiger partial charge in [-0.25, -0.2) is 14.2 Å². The van der Waals surface area contributed by atoms with Gasteiger partial charge >= 0.3 is 5.97 Å². The highest BCUT2D eigenvalue weighted by Crippen LogP contribution is 2.40. The summed E-state index contributed by atoms with van der Waals surface area (Å²) < 4.78 is 18.4. The summed E-state index contributed by atoms with van der Waals surface area (Å²) in [6.07, 6.45) is 1.88. The highest BCUT2D eigenvalue weighted by Gasteiger charge is 2.37. The number of halogens is 1. The van der Waals surface area contributed by atoms with Crippen LogP contribution in [-0.4, -0.2) is 22.6 Å². The van der Waals surface area contributed by atoms with Crippen LogP contribution in [0.2, 0.25) is 0 Å². The summed E-state index contributed by atoms with van der Waals surface area (Å²) in [7, 11) is 0. The number of allylic oxidation sites excluding steroid dienone is 1. The van der Waals surface area contributed by atoms with Crippen LogP contribution in [0.5, 0.6) is 0 Å². The maximum absolute atomic E-state index is 13.2. The molecule has 0 N–H and O–H groups in total. The molecule has 4 nitrogen and oxygen atoms in total.